The van der Waals surface area contributed by atoms with E-state index in [1.807, 2.05) is 24.3 Å². The van der Waals surface area contributed by atoms with Crippen molar-refractivity contribution in [1.29, 1.82) is 0 Å². The molecule has 0 heterocycles. The van der Waals surface area contributed by atoms with Crippen molar-refractivity contribution in [2.45, 2.75) is 39.0 Å². The molecule has 22 heavy (non-hydrogen) atoms. The van der Waals surface area contributed by atoms with Gasteiger partial charge in [-0.25, -0.2) is 0 Å². The standard InChI is InChI=1S/C17H25NO4/c1-17(2,3)13-7-9-14(10-8-13)22-12-15(19)18-11-5-6-16(20)21-4/h7-10H,5-6,11-12H2,1-4H3,(H,18,19). The third kappa shape index (κ3) is 6.61. The molecule has 0 radical (unpaired) electrons. The van der Waals surface area contributed by atoms with Gasteiger partial charge in [0.15, 0.2) is 6.61 Å². The summed E-state index contributed by atoms with van der Waals surface area (Å²) in [6, 6.07) is 7.74. The van der Waals surface area contributed by atoms with Crippen LogP contribution in [-0.2, 0) is 19.7 Å². The van der Waals surface area contributed by atoms with Crippen molar-refractivity contribution in [3.8, 4) is 5.75 Å². The Kier molecular flexibility index (Phi) is 6.89. The number of nitrogens with one attached hydrogen (secondary N) is 1. The van der Waals surface area contributed by atoms with Crippen LogP contribution in [0.1, 0.15) is 39.2 Å². The first-order valence-corrected chi connectivity index (χ1v) is 7.40. The van der Waals surface area contributed by atoms with Gasteiger partial charge >= 0.3 is 5.97 Å². The first-order valence-electron chi connectivity index (χ1n) is 7.40. The lowest BCUT2D eigenvalue weighted by Crippen LogP contribution is -2.30. The molecule has 0 fully saturated rings. The van der Waals surface area contributed by atoms with Gasteiger partial charge < -0.3 is 14.8 Å². The van der Waals surface area contributed by atoms with E-state index in [1.54, 1.807) is 0 Å². The van der Waals surface area contributed by atoms with Crippen molar-refractivity contribution in [3.05, 3.63) is 29.8 Å². The molecule has 1 aromatic rings. The number of carbonyl (C=O) groups excluding carboxylic acids is 2. The molecule has 1 rings (SSSR count). The molecule has 1 amide bonds. The van der Waals surface area contributed by atoms with Crippen molar-refractivity contribution in [3.63, 3.8) is 0 Å². The van der Waals surface area contributed by atoms with E-state index in [1.165, 1.54) is 12.7 Å². The fourth-order valence-corrected chi connectivity index (χ4v) is 1.81. The largest absolute Gasteiger partial charge is 0.484 e. The van der Waals surface area contributed by atoms with Gasteiger partial charge in [-0.3, -0.25) is 9.59 Å². The molecule has 5 heteroatoms. The zero-order chi connectivity index (χ0) is 16.6. The number of hydrogen-bond acceptors (Lipinski definition) is 4. The van der Waals surface area contributed by atoms with Crippen LogP contribution in [0.3, 0.4) is 0 Å². The highest BCUT2D eigenvalue weighted by molar-refractivity contribution is 5.77. The highest BCUT2D eigenvalue weighted by atomic mass is 16.5. The second-order valence-corrected chi connectivity index (χ2v) is 6.09. The number of carbonyl (C=O) groups is 2. The molecule has 0 aromatic heterocycles. The quantitative estimate of drug-likeness (QED) is 0.621. The highest BCUT2D eigenvalue weighted by Crippen LogP contribution is 2.24. The Morgan fingerprint density at radius 3 is 2.32 bits per heavy atom. The van der Waals surface area contributed by atoms with E-state index in [0.717, 1.165) is 0 Å². The summed E-state index contributed by atoms with van der Waals surface area (Å²) < 4.78 is 9.95. The van der Waals surface area contributed by atoms with Gasteiger partial charge in [-0.1, -0.05) is 32.9 Å². The van der Waals surface area contributed by atoms with Crippen LogP contribution in [0.5, 0.6) is 5.75 Å². The molecule has 0 aliphatic carbocycles. The lowest BCUT2D eigenvalue weighted by molar-refractivity contribution is -0.140. The number of rotatable bonds is 7. The van der Waals surface area contributed by atoms with Gasteiger partial charge in [-0.05, 0) is 29.5 Å². The number of ether oxygens (including phenoxy) is 2. The van der Waals surface area contributed by atoms with E-state index in [4.69, 9.17) is 4.74 Å². The summed E-state index contributed by atoms with van der Waals surface area (Å²) in [5.41, 5.74) is 1.31. The summed E-state index contributed by atoms with van der Waals surface area (Å²) in [6.45, 7) is 6.83. The van der Waals surface area contributed by atoms with Crippen LogP contribution < -0.4 is 10.1 Å². The Balaban J connectivity index is 2.28. The summed E-state index contributed by atoms with van der Waals surface area (Å²) in [5, 5.41) is 2.70. The Morgan fingerprint density at radius 1 is 1.14 bits per heavy atom. The van der Waals surface area contributed by atoms with Gasteiger partial charge in [0.1, 0.15) is 5.75 Å². The summed E-state index contributed by atoms with van der Waals surface area (Å²) in [6.07, 6.45) is 0.852. The third-order valence-electron chi connectivity index (χ3n) is 3.20. The van der Waals surface area contributed by atoms with Crippen molar-refractivity contribution in [2.24, 2.45) is 0 Å². The van der Waals surface area contributed by atoms with E-state index < -0.39 is 0 Å². The lowest BCUT2D eigenvalue weighted by Gasteiger charge is -2.19. The maximum Gasteiger partial charge on any atom is 0.305 e. The first-order chi connectivity index (χ1) is 10.3. The van der Waals surface area contributed by atoms with Crippen LogP contribution in [0.2, 0.25) is 0 Å². The van der Waals surface area contributed by atoms with E-state index in [9.17, 15) is 9.59 Å². The van der Waals surface area contributed by atoms with E-state index in [-0.39, 0.29) is 23.9 Å². The van der Waals surface area contributed by atoms with Crippen LogP contribution >= 0.6 is 0 Å². The molecular formula is C17H25NO4. The minimum Gasteiger partial charge on any atom is -0.484 e. The minimum atomic E-state index is -0.274. The Labute approximate surface area is 132 Å². The molecule has 122 valence electrons. The number of benzene rings is 1. The van der Waals surface area contributed by atoms with Crippen LogP contribution in [0.25, 0.3) is 0 Å². The maximum absolute atomic E-state index is 11.6. The Morgan fingerprint density at radius 2 is 1.77 bits per heavy atom. The van der Waals surface area contributed by atoms with Gasteiger partial charge in [0.25, 0.3) is 5.91 Å². The lowest BCUT2D eigenvalue weighted by atomic mass is 9.87. The average Bonchev–Trinajstić information content (AvgIpc) is 2.48. The van der Waals surface area contributed by atoms with Crippen molar-refractivity contribution >= 4 is 11.9 Å². The summed E-state index contributed by atoms with van der Waals surface area (Å²) >= 11 is 0. The predicted molar refractivity (Wildman–Crippen MR) is 84.9 cm³/mol. The van der Waals surface area contributed by atoms with Gasteiger partial charge in [-0.2, -0.15) is 0 Å². The monoisotopic (exact) mass is 307 g/mol. The molecule has 0 unspecified atom stereocenters. The normalized spacial score (nSPS) is 10.9. The van der Waals surface area contributed by atoms with Crippen LogP contribution in [0, 0.1) is 0 Å². The van der Waals surface area contributed by atoms with E-state index in [2.05, 4.69) is 30.8 Å². The Bertz CT molecular complexity index is 488. The van der Waals surface area contributed by atoms with E-state index >= 15 is 0 Å². The molecule has 0 aliphatic heterocycles. The molecular weight excluding hydrogens is 282 g/mol. The summed E-state index contributed by atoms with van der Waals surface area (Å²) in [5.74, 6) is 0.187. The van der Waals surface area contributed by atoms with Gasteiger partial charge in [0, 0.05) is 13.0 Å². The van der Waals surface area contributed by atoms with Crippen molar-refractivity contribution < 1.29 is 19.1 Å². The second kappa shape index (κ2) is 8.41. The smallest absolute Gasteiger partial charge is 0.305 e. The zero-order valence-electron chi connectivity index (χ0n) is 13.8. The zero-order valence-corrected chi connectivity index (χ0v) is 13.8. The predicted octanol–water partition coefficient (Wildman–Crippen LogP) is 2.43. The van der Waals surface area contributed by atoms with E-state index in [0.29, 0.717) is 25.1 Å². The van der Waals surface area contributed by atoms with Gasteiger partial charge in [0.2, 0.25) is 0 Å². The summed E-state index contributed by atoms with van der Waals surface area (Å²) in [7, 11) is 1.35. The second-order valence-electron chi connectivity index (χ2n) is 6.09. The SMILES string of the molecule is COC(=O)CCCNC(=O)COc1ccc(C(C)(C)C)cc1. The van der Waals surface area contributed by atoms with Crippen molar-refractivity contribution in [1.82, 2.24) is 5.32 Å². The molecule has 5 nitrogen and oxygen atoms in total. The van der Waals surface area contributed by atoms with Crippen LogP contribution in [-0.4, -0.2) is 32.1 Å². The molecule has 1 aromatic carbocycles. The van der Waals surface area contributed by atoms with Gasteiger partial charge in [-0.15, -0.1) is 0 Å². The molecule has 0 saturated heterocycles. The van der Waals surface area contributed by atoms with Crippen LogP contribution in [0.15, 0.2) is 24.3 Å². The average molecular weight is 307 g/mol. The topological polar surface area (TPSA) is 64.6 Å². The number of hydrogen-bond donors (Lipinski definition) is 1. The molecule has 0 bridgehead atoms. The Hall–Kier alpha value is -2.04. The fourth-order valence-electron chi connectivity index (χ4n) is 1.81. The first kappa shape index (κ1) is 18.0. The molecule has 1 N–H and O–H groups in total. The number of amides is 1. The van der Waals surface area contributed by atoms with Gasteiger partial charge in [0.05, 0.1) is 7.11 Å². The van der Waals surface area contributed by atoms with Crippen LogP contribution in [0.4, 0.5) is 0 Å². The highest BCUT2D eigenvalue weighted by Gasteiger charge is 2.13. The molecule has 0 aliphatic rings. The van der Waals surface area contributed by atoms with Crippen molar-refractivity contribution in [2.75, 3.05) is 20.3 Å². The fraction of sp³-hybridized carbons (Fsp3) is 0.529. The number of esters is 1. The molecule has 0 atom stereocenters. The number of methoxy groups -OCH3 is 1. The maximum atomic E-state index is 11.6. The molecule has 0 spiro atoms. The molecule has 0 saturated carbocycles. The minimum absolute atomic E-state index is 0.0346. The summed E-state index contributed by atoms with van der Waals surface area (Å²) in [4.78, 5) is 22.5. The third-order valence-corrected chi connectivity index (χ3v) is 3.20.